The van der Waals surface area contributed by atoms with Crippen molar-refractivity contribution in [1.29, 1.82) is 0 Å². The monoisotopic (exact) mass is 327 g/mol. The van der Waals surface area contributed by atoms with E-state index in [-0.39, 0.29) is 0 Å². The van der Waals surface area contributed by atoms with Gasteiger partial charge in [0.2, 0.25) is 0 Å². The van der Waals surface area contributed by atoms with Crippen molar-refractivity contribution in [2.75, 3.05) is 0 Å². The molecule has 25 heavy (non-hydrogen) atoms. The largest absolute Gasteiger partial charge is 0.309 e. The molecule has 1 nitrogen and oxygen atoms in total. The zero-order chi connectivity index (χ0) is 17.4. The predicted molar refractivity (Wildman–Crippen MR) is 109 cm³/mol. The number of fused-ring (bicyclic) bond motifs is 3. The van der Waals surface area contributed by atoms with Crippen LogP contribution in [0, 0.1) is 13.8 Å². The first kappa shape index (κ1) is 16.0. The second-order valence-electron chi connectivity index (χ2n) is 7.15. The summed E-state index contributed by atoms with van der Waals surface area (Å²) in [5.74, 6) is 0. The van der Waals surface area contributed by atoms with Gasteiger partial charge in [0.15, 0.2) is 0 Å². The molecule has 1 aromatic heterocycles. The Hall–Kier alpha value is -2.54. The summed E-state index contributed by atoms with van der Waals surface area (Å²) in [7, 11) is 0. The zero-order valence-electron chi connectivity index (χ0n) is 15.3. The minimum atomic E-state index is 1.17. The number of unbranched alkanes of at least 4 members (excludes halogenated alkanes) is 1. The topological polar surface area (TPSA) is 4.93 Å². The number of hydrogen-bond acceptors (Lipinski definition) is 0. The predicted octanol–water partition coefficient (Wildman–Crippen LogP) is 6.74. The molecule has 0 atom stereocenters. The Kier molecular flexibility index (Phi) is 4.09. The normalized spacial score (nSPS) is 11.5. The van der Waals surface area contributed by atoms with Crippen LogP contribution < -0.4 is 0 Å². The lowest BCUT2D eigenvalue weighted by Crippen LogP contribution is -1.95. The minimum absolute atomic E-state index is 1.17. The number of aromatic nitrogens is 1. The maximum atomic E-state index is 2.41. The number of hydrogen-bond donors (Lipinski definition) is 0. The molecule has 1 heterocycles. The molecule has 0 aliphatic heterocycles. The van der Waals surface area contributed by atoms with Crippen molar-refractivity contribution in [2.24, 2.45) is 0 Å². The minimum Gasteiger partial charge on any atom is -0.309 e. The van der Waals surface area contributed by atoms with Crippen molar-refractivity contribution in [2.45, 2.75) is 40.0 Å². The molecule has 1 heteroatoms. The molecule has 0 spiro atoms. The lowest BCUT2D eigenvalue weighted by molar-refractivity contribution is 0.795. The lowest BCUT2D eigenvalue weighted by atomic mass is 10.1. The number of benzene rings is 3. The highest BCUT2D eigenvalue weighted by atomic mass is 15.0. The number of aryl methyl sites for hydroxylation is 3. The van der Waals surface area contributed by atoms with Gasteiger partial charge in [0.05, 0.1) is 11.0 Å². The second-order valence-corrected chi connectivity index (χ2v) is 7.15. The van der Waals surface area contributed by atoms with Crippen LogP contribution in [-0.4, -0.2) is 4.57 Å². The summed E-state index contributed by atoms with van der Waals surface area (Å²) in [6.45, 7) is 6.58. The fourth-order valence-electron chi connectivity index (χ4n) is 3.71. The van der Waals surface area contributed by atoms with Gasteiger partial charge in [0.25, 0.3) is 0 Å². The van der Waals surface area contributed by atoms with E-state index < -0.39 is 0 Å². The van der Waals surface area contributed by atoms with Crippen molar-refractivity contribution in [3.05, 3.63) is 77.4 Å². The highest BCUT2D eigenvalue weighted by molar-refractivity contribution is 6.09. The van der Waals surface area contributed by atoms with E-state index >= 15 is 0 Å². The fourth-order valence-corrected chi connectivity index (χ4v) is 3.71. The first-order valence-electron chi connectivity index (χ1n) is 9.28. The second kappa shape index (κ2) is 6.40. The molecule has 0 radical (unpaired) electrons. The third-order valence-electron chi connectivity index (χ3n) is 5.09. The average molecular weight is 327 g/mol. The van der Waals surface area contributed by atoms with Crippen LogP contribution >= 0.6 is 0 Å². The average Bonchev–Trinajstić information content (AvgIpc) is 2.92. The van der Waals surface area contributed by atoms with Gasteiger partial charge in [-0.15, -0.1) is 0 Å². The Morgan fingerprint density at radius 2 is 1.28 bits per heavy atom. The molecule has 0 aliphatic carbocycles. The van der Waals surface area contributed by atoms with Gasteiger partial charge in [0.1, 0.15) is 0 Å². The molecule has 0 N–H and O–H groups in total. The van der Waals surface area contributed by atoms with Gasteiger partial charge in [0, 0.05) is 16.5 Å². The highest BCUT2D eigenvalue weighted by Crippen LogP contribution is 2.33. The molecular formula is C24H25N. The molecule has 0 amide bonds. The van der Waals surface area contributed by atoms with E-state index in [0.29, 0.717) is 0 Å². The van der Waals surface area contributed by atoms with Gasteiger partial charge < -0.3 is 4.57 Å². The molecular weight excluding hydrogens is 302 g/mol. The molecule has 0 bridgehead atoms. The van der Waals surface area contributed by atoms with E-state index in [2.05, 4.69) is 86.0 Å². The summed E-state index contributed by atoms with van der Waals surface area (Å²) in [5, 5.41) is 2.66. The van der Waals surface area contributed by atoms with E-state index in [1.807, 2.05) is 0 Å². The Labute approximate surface area is 149 Å². The number of nitrogens with zero attached hydrogens (tertiary/aromatic N) is 1. The van der Waals surface area contributed by atoms with Crippen LogP contribution in [0.15, 0.2) is 60.7 Å². The third kappa shape index (κ3) is 2.84. The molecule has 4 rings (SSSR count). The van der Waals surface area contributed by atoms with Gasteiger partial charge in [-0.2, -0.15) is 0 Å². The summed E-state index contributed by atoms with van der Waals surface area (Å²) in [6.07, 6.45) is 3.67. The van der Waals surface area contributed by atoms with Crippen LogP contribution in [-0.2, 0) is 6.42 Å². The molecule has 126 valence electrons. The van der Waals surface area contributed by atoms with Gasteiger partial charge in [-0.25, -0.2) is 0 Å². The third-order valence-corrected chi connectivity index (χ3v) is 5.09. The fraction of sp³-hybridized carbons (Fsp3) is 0.250. The summed E-state index contributed by atoms with van der Waals surface area (Å²) in [5.41, 5.74) is 7.86. The Bertz CT molecular complexity index is 976. The quantitative estimate of drug-likeness (QED) is 0.391. The van der Waals surface area contributed by atoms with Crippen molar-refractivity contribution in [3.8, 4) is 5.69 Å². The van der Waals surface area contributed by atoms with Crippen molar-refractivity contribution in [3.63, 3.8) is 0 Å². The van der Waals surface area contributed by atoms with Crippen LogP contribution in [0.25, 0.3) is 27.5 Å². The van der Waals surface area contributed by atoms with Gasteiger partial charge in [-0.1, -0.05) is 49.7 Å². The highest BCUT2D eigenvalue weighted by Gasteiger charge is 2.12. The molecule has 0 fully saturated rings. The van der Waals surface area contributed by atoms with E-state index in [0.717, 1.165) is 0 Å². The first-order valence-corrected chi connectivity index (χ1v) is 9.28. The molecule has 4 aromatic rings. The Morgan fingerprint density at radius 3 is 1.80 bits per heavy atom. The van der Waals surface area contributed by atoms with Crippen LogP contribution in [0.1, 0.15) is 36.5 Å². The molecule has 0 saturated carbocycles. The summed E-state index contributed by atoms with van der Waals surface area (Å²) < 4.78 is 2.41. The molecule has 3 aromatic carbocycles. The smallest absolute Gasteiger partial charge is 0.0543 e. The van der Waals surface area contributed by atoms with Crippen molar-refractivity contribution >= 4 is 21.8 Å². The standard InChI is InChI=1S/C24H25N/c1-4-5-6-19-9-11-20(12-10-19)25-23-15-17(2)7-13-21(23)22-14-8-18(3)16-24(22)25/h7-16H,4-6H2,1-3H3. The van der Waals surface area contributed by atoms with Gasteiger partial charge in [-0.05, 0) is 67.6 Å². The van der Waals surface area contributed by atoms with Crippen LogP contribution in [0.2, 0.25) is 0 Å². The first-order chi connectivity index (χ1) is 12.2. The van der Waals surface area contributed by atoms with E-state index in [9.17, 15) is 0 Å². The van der Waals surface area contributed by atoms with Crippen LogP contribution in [0.3, 0.4) is 0 Å². The van der Waals surface area contributed by atoms with Crippen LogP contribution in [0.5, 0.6) is 0 Å². The Balaban J connectivity index is 1.95. The van der Waals surface area contributed by atoms with Crippen molar-refractivity contribution < 1.29 is 0 Å². The lowest BCUT2D eigenvalue weighted by Gasteiger charge is -2.10. The maximum absolute atomic E-state index is 2.41. The Morgan fingerprint density at radius 1 is 0.720 bits per heavy atom. The summed E-state index contributed by atoms with van der Waals surface area (Å²) >= 11 is 0. The molecule has 0 unspecified atom stereocenters. The summed E-state index contributed by atoms with van der Waals surface area (Å²) in [6, 6.07) is 22.7. The molecule has 0 saturated heterocycles. The number of rotatable bonds is 4. The van der Waals surface area contributed by atoms with E-state index in [4.69, 9.17) is 0 Å². The summed E-state index contributed by atoms with van der Waals surface area (Å²) in [4.78, 5) is 0. The molecule has 0 aliphatic rings. The van der Waals surface area contributed by atoms with Gasteiger partial charge in [-0.3, -0.25) is 0 Å². The van der Waals surface area contributed by atoms with Crippen LogP contribution in [0.4, 0.5) is 0 Å². The van der Waals surface area contributed by atoms with E-state index in [1.54, 1.807) is 0 Å². The van der Waals surface area contributed by atoms with Crippen molar-refractivity contribution in [1.82, 2.24) is 4.57 Å². The van der Waals surface area contributed by atoms with E-state index in [1.165, 1.54) is 63.4 Å². The van der Waals surface area contributed by atoms with Gasteiger partial charge >= 0.3 is 0 Å². The SMILES string of the molecule is CCCCc1ccc(-n2c3cc(C)ccc3c3ccc(C)cc32)cc1. The zero-order valence-corrected chi connectivity index (χ0v) is 15.3. The maximum Gasteiger partial charge on any atom is 0.0543 e.